The summed E-state index contributed by atoms with van der Waals surface area (Å²) in [4.78, 5) is 17.5. The third-order valence-electron chi connectivity index (χ3n) is 5.18. The number of fused-ring (bicyclic) bond motifs is 1. The van der Waals surface area contributed by atoms with Gasteiger partial charge in [-0.25, -0.2) is 0 Å². The van der Waals surface area contributed by atoms with E-state index in [1.165, 1.54) is 0 Å². The summed E-state index contributed by atoms with van der Waals surface area (Å²) in [6.45, 7) is 7.23. The van der Waals surface area contributed by atoms with Crippen molar-refractivity contribution in [2.45, 2.75) is 13.0 Å². The molecule has 2 aromatic carbocycles. The molecule has 0 aromatic heterocycles. The number of halogens is 1. The first-order valence-electron chi connectivity index (χ1n) is 9.60. The van der Waals surface area contributed by atoms with Crippen molar-refractivity contribution in [1.29, 1.82) is 0 Å². The van der Waals surface area contributed by atoms with E-state index in [-0.39, 0.29) is 12.5 Å². The van der Waals surface area contributed by atoms with Crippen LogP contribution in [0.15, 0.2) is 42.5 Å². The molecule has 0 radical (unpaired) electrons. The standard InChI is InChI=1S/C21H24ClN3O3/c1-2-24-9-11-25(12-10-24)17-8-7-15(22)13-16(17)23-21(26)20-14-27-18-5-3-4-6-19(18)28-20/h3-8,13,20H,2,9-12,14H2,1H3,(H,23,26)/t20-/m1/s1. The number of piperazine rings is 1. The van der Waals surface area contributed by atoms with Crippen LogP contribution in [0.5, 0.6) is 11.5 Å². The normalized spacial score (nSPS) is 19.4. The number of hydrogen-bond donors (Lipinski definition) is 1. The van der Waals surface area contributed by atoms with Gasteiger partial charge in [0.1, 0.15) is 6.61 Å². The van der Waals surface area contributed by atoms with Crippen LogP contribution in [0.1, 0.15) is 6.92 Å². The van der Waals surface area contributed by atoms with Gasteiger partial charge in [-0.15, -0.1) is 0 Å². The van der Waals surface area contributed by atoms with E-state index >= 15 is 0 Å². The van der Waals surface area contributed by atoms with Crippen LogP contribution in [0.25, 0.3) is 0 Å². The van der Waals surface area contributed by atoms with E-state index < -0.39 is 6.10 Å². The van der Waals surface area contributed by atoms with Gasteiger partial charge >= 0.3 is 0 Å². The number of rotatable bonds is 4. The molecule has 2 aliphatic rings. The van der Waals surface area contributed by atoms with Gasteiger partial charge in [-0.05, 0) is 36.9 Å². The van der Waals surface area contributed by atoms with Crippen molar-refractivity contribution >= 4 is 28.9 Å². The Morgan fingerprint density at radius 2 is 1.89 bits per heavy atom. The van der Waals surface area contributed by atoms with Crippen molar-refractivity contribution in [3.05, 3.63) is 47.5 Å². The van der Waals surface area contributed by atoms with Crippen molar-refractivity contribution in [1.82, 2.24) is 4.90 Å². The van der Waals surface area contributed by atoms with Crippen molar-refractivity contribution < 1.29 is 14.3 Å². The number of carbonyl (C=O) groups is 1. The van der Waals surface area contributed by atoms with Crippen LogP contribution in [0.3, 0.4) is 0 Å². The van der Waals surface area contributed by atoms with E-state index in [9.17, 15) is 4.79 Å². The number of nitrogens with zero attached hydrogens (tertiary/aromatic N) is 2. The number of carbonyl (C=O) groups excluding carboxylic acids is 1. The lowest BCUT2D eigenvalue weighted by Crippen LogP contribution is -2.46. The number of hydrogen-bond acceptors (Lipinski definition) is 5. The molecule has 1 saturated heterocycles. The summed E-state index contributed by atoms with van der Waals surface area (Å²) in [5.41, 5.74) is 1.68. The Balaban J connectivity index is 1.48. The Bertz CT molecular complexity index is 853. The fraction of sp³-hybridized carbons (Fsp3) is 0.381. The molecule has 2 aliphatic heterocycles. The predicted octanol–water partition coefficient (Wildman–Crippen LogP) is 3.26. The molecular formula is C21H24ClN3O3. The maximum atomic E-state index is 12.8. The molecule has 2 aromatic rings. The maximum Gasteiger partial charge on any atom is 0.269 e. The van der Waals surface area contributed by atoms with E-state index in [4.69, 9.17) is 21.1 Å². The Morgan fingerprint density at radius 3 is 2.64 bits per heavy atom. The molecular weight excluding hydrogens is 378 g/mol. The van der Waals surface area contributed by atoms with Gasteiger partial charge < -0.3 is 24.6 Å². The number of anilines is 2. The number of para-hydroxylation sites is 2. The largest absolute Gasteiger partial charge is 0.485 e. The molecule has 2 heterocycles. The first-order valence-corrected chi connectivity index (χ1v) is 9.98. The number of ether oxygens (including phenoxy) is 2. The average Bonchev–Trinajstić information content (AvgIpc) is 2.73. The molecule has 28 heavy (non-hydrogen) atoms. The summed E-state index contributed by atoms with van der Waals surface area (Å²) in [5.74, 6) is 0.991. The van der Waals surface area contributed by atoms with Crippen molar-refractivity contribution in [2.24, 2.45) is 0 Å². The molecule has 0 bridgehead atoms. The van der Waals surface area contributed by atoms with Gasteiger partial charge in [-0.2, -0.15) is 0 Å². The zero-order chi connectivity index (χ0) is 19.5. The van der Waals surface area contributed by atoms with Gasteiger partial charge in [0.2, 0.25) is 6.10 Å². The van der Waals surface area contributed by atoms with Crippen LogP contribution in [-0.4, -0.2) is 56.2 Å². The highest BCUT2D eigenvalue weighted by atomic mass is 35.5. The summed E-state index contributed by atoms with van der Waals surface area (Å²) in [7, 11) is 0. The van der Waals surface area contributed by atoms with Crippen LogP contribution < -0.4 is 19.7 Å². The first-order chi connectivity index (χ1) is 13.6. The number of amides is 1. The maximum absolute atomic E-state index is 12.8. The van der Waals surface area contributed by atoms with Crippen molar-refractivity contribution in [2.75, 3.05) is 49.5 Å². The van der Waals surface area contributed by atoms with Crippen LogP contribution in [0.4, 0.5) is 11.4 Å². The molecule has 4 rings (SSSR count). The summed E-state index contributed by atoms with van der Waals surface area (Å²) < 4.78 is 11.5. The zero-order valence-corrected chi connectivity index (χ0v) is 16.6. The second-order valence-corrected chi connectivity index (χ2v) is 7.37. The van der Waals surface area contributed by atoms with Crippen LogP contribution in [0, 0.1) is 0 Å². The fourth-order valence-corrected chi connectivity index (χ4v) is 3.72. The molecule has 0 aliphatic carbocycles. The number of likely N-dealkylation sites (N-methyl/N-ethyl adjacent to an activating group) is 1. The van der Waals surface area contributed by atoms with Crippen molar-refractivity contribution in [3.8, 4) is 11.5 Å². The molecule has 1 N–H and O–H groups in total. The van der Waals surface area contributed by atoms with E-state index in [0.29, 0.717) is 22.2 Å². The van der Waals surface area contributed by atoms with E-state index in [1.807, 2.05) is 30.3 Å². The summed E-state index contributed by atoms with van der Waals surface area (Å²) >= 11 is 6.20. The average molecular weight is 402 g/mol. The second-order valence-electron chi connectivity index (χ2n) is 6.94. The summed E-state index contributed by atoms with van der Waals surface area (Å²) in [6, 6.07) is 13.0. The van der Waals surface area contributed by atoms with Gasteiger partial charge in [0, 0.05) is 31.2 Å². The predicted molar refractivity (Wildman–Crippen MR) is 111 cm³/mol. The van der Waals surface area contributed by atoms with E-state index in [2.05, 4.69) is 22.0 Å². The molecule has 6 nitrogen and oxygen atoms in total. The lowest BCUT2D eigenvalue weighted by atomic mass is 10.2. The molecule has 1 amide bonds. The topological polar surface area (TPSA) is 54.0 Å². The number of nitrogens with one attached hydrogen (secondary N) is 1. The van der Waals surface area contributed by atoms with E-state index in [1.54, 1.807) is 12.1 Å². The highest BCUT2D eigenvalue weighted by molar-refractivity contribution is 6.31. The fourth-order valence-electron chi connectivity index (χ4n) is 3.55. The molecule has 1 fully saturated rings. The molecule has 0 unspecified atom stereocenters. The van der Waals surface area contributed by atoms with Crippen molar-refractivity contribution in [3.63, 3.8) is 0 Å². The van der Waals surface area contributed by atoms with E-state index in [0.717, 1.165) is 38.4 Å². The minimum absolute atomic E-state index is 0.175. The third kappa shape index (κ3) is 4.03. The van der Waals surface area contributed by atoms with Gasteiger partial charge in [0.05, 0.1) is 11.4 Å². The van der Waals surface area contributed by atoms with Crippen LogP contribution in [0.2, 0.25) is 5.02 Å². The van der Waals surface area contributed by atoms with Gasteiger partial charge in [0.25, 0.3) is 5.91 Å². The molecule has 7 heteroatoms. The quantitative estimate of drug-likeness (QED) is 0.852. The minimum atomic E-state index is -0.710. The van der Waals surface area contributed by atoms with Gasteiger partial charge in [0.15, 0.2) is 11.5 Å². The Morgan fingerprint density at radius 1 is 1.14 bits per heavy atom. The highest BCUT2D eigenvalue weighted by Gasteiger charge is 2.28. The lowest BCUT2D eigenvalue weighted by Gasteiger charge is -2.36. The molecule has 0 spiro atoms. The minimum Gasteiger partial charge on any atom is -0.485 e. The molecule has 148 valence electrons. The molecule has 0 saturated carbocycles. The smallest absolute Gasteiger partial charge is 0.269 e. The Kier molecular flexibility index (Phi) is 5.59. The Labute approximate surface area is 170 Å². The van der Waals surface area contributed by atoms with Crippen LogP contribution >= 0.6 is 11.6 Å². The Hall–Kier alpha value is -2.44. The zero-order valence-electron chi connectivity index (χ0n) is 15.9. The summed E-state index contributed by atoms with van der Waals surface area (Å²) in [6.07, 6.45) is -0.710. The number of benzene rings is 2. The first kappa shape index (κ1) is 18.9. The lowest BCUT2D eigenvalue weighted by molar-refractivity contribution is -0.125. The summed E-state index contributed by atoms with van der Waals surface area (Å²) in [5, 5.41) is 3.57. The van der Waals surface area contributed by atoms with Crippen LogP contribution in [-0.2, 0) is 4.79 Å². The van der Waals surface area contributed by atoms with Gasteiger partial charge in [-0.1, -0.05) is 30.7 Å². The third-order valence-corrected chi connectivity index (χ3v) is 5.41. The SMILES string of the molecule is CCN1CCN(c2ccc(Cl)cc2NC(=O)[C@H]2COc3ccccc3O2)CC1. The van der Waals surface area contributed by atoms with Gasteiger partial charge in [-0.3, -0.25) is 4.79 Å². The molecule has 1 atom stereocenters. The monoisotopic (exact) mass is 401 g/mol. The second kappa shape index (κ2) is 8.29. The highest BCUT2D eigenvalue weighted by Crippen LogP contribution is 2.33.